The van der Waals surface area contributed by atoms with Crippen molar-refractivity contribution in [3.8, 4) is 0 Å². The van der Waals surface area contributed by atoms with Crippen LogP contribution in [0, 0.1) is 0 Å². The number of carbonyl (C=O) groups excluding carboxylic acids is 2. The molecule has 26 heavy (non-hydrogen) atoms. The Labute approximate surface area is 147 Å². The van der Waals surface area contributed by atoms with Gasteiger partial charge < -0.3 is 9.64 Å². The quantitative estimate of drug-likeness (QED) is 0.614. The van der Waals surface area contributed by atoms with Crippen LogP contribution in [0.15, 0.2) is 42.9 Å². The fraction of sp³-hybridized carbons (Fsp3) is 0.294. The third-order valence-corrected chi connectivity index (χ3v) is 3.76. The number of esters is 1. The molecule has 2 aromatic heterocycles. The second kappa shape index (κ2) is 7.94. The second-order valence-electron chi connectivity index (χ2n) is 5.42. The molecule has 138 valence electrons. The summed E-state index contributed by atoms with van der Waals surface area (Å²) in [6.45, 7) is 1.52. The van der Waals surface area contributed by atoms with Gasteiger partial charge >= 0.3 is 18.1 Å². The predicted molar refractivity (Wildman–Crippen MR) is 84.5 cm³/mol. The molecular weight excluding hydrogens is 351 g/mol. The lowest BCUT2D eigenvalue weighted by Crippen LogP contribution is -2.38. The summed E-state index contributed by atoms with van der Waals surface area (Å²) in [5.41, 5.74) is 0.00889. The lowest BCUT2D eigenvalue weighted by Gasteiger charge is -2.28. The Morgan fingerprint density at radius 1 is 1.19 bits per heavy atom. The molecule has 0 saturated heterocycles. The minimum absolute atomic E-state index is 0.157. The first-order chi connectivity index (χ1) is 12.2. The van der Waals surface area contributed by atoms with E-state index in [1.54, 1.807) is 19.1 Å². The predicted octanol–water partition coefficient (Wildman–Crippen LogP) is 2.76. The molecule has 0 spiro atoms. The number of alkyl halides is 3. The lowest BCUT2D eigenvalue weighted by atomic mass is 10.1. The summed E-state index contributed by atoms with van der Waals surface area (Å²) in [6.07, 6.45) is -0.753. The molecule has 0 bridgehead atoms. The maximum atomic E-state index is 12.6. The highest BCUT2D eigenvalue weighted by molar-refractivity contribution is 6.32. The number of halogens is 3. The molecule has 2 rings (SSSR count). The van der Waals surface area contributed by atoms with Gasteiger partial charge in [-0.25, -0.2) is 4.79 Å². The van der Waals surface area contributed by atoms with E-state index in [1.807, 2.05) is 0 Å². The third kappa shape index (κ3) is 4.56. The zero-order chi connectivity index (χ0) is 19.3. The summed E-state index contributed by atoms with van der Waals surface area (Å²) in [6, 6.07) is 4.83. The van der Waals surface area contributed by atoms with E-state index in [9.17, 15) is 22.8 Å². The summed E-state index contributed by atoms with van der Waals surface area (Å²) < 4.78 is 42.4. The molecule has 9 heteroatoms. The van der Waals surface area contributed by atoms with Gasteiger partial charge in [-0.3, -0.25) is 14.8 Å². The molecule has 2 aromatic rings. The van der Waals surface area contributed by atoms with Crippen LogP contribution < -0.4 is 0 Å². The van der Waals surface area contributed by atoms with Gasteiger partial charge in [0, 0.05) is 18.6 Å². The molecule has 0 aromatic carbocycles. The molecule has 0 N–H and O–H groups in total. The minimum Gasteiger partial charge on any atom is -0.462 e. The van der Waals surface area contributed by atoms with Crippen molar-refractivity contribution >= 4 is 11.9 Å². The average Bonchev–Trinajstić information content (AvgIpc) is 2.64. The van der Waals surface area contributed by atoms with Crippen molar-refractivity contribution in [3.05, 3.63) is 59.7 Å². The molecule has 1 unspecified atom stereocenters. The summed E-state index contributed by atoms with van der Waals surface area (Å²) >= 11 is 0. The largest absolute Gasteiger partial charge is 0.462 e. The van der Waals surface area contributed by atoms with E-state index < -0.39 is 29.7 Å². The first-order valence-electron chi connectivity index (χ1n) is 7.55. The van der Waals surface area contributed by atoms with Gasteiger partial charge in [0.15, 0.2) is 0 Å². The standard InChI is InChI=1S/C17H16F3N3O3/c1-11(12-5-7-21-8-6-12)23(15(24)16(25)26-2)10-14-4-3-13(9-22-14)17(18,19)20/h3-9,11H,10H2,1-2H3. The van der Waals surface area contributed by atoms with Crippen LogP contribution in [0.5, 0.6) is 0 Å². The number of ether oxygens (including phenoxy) is 1. The fourth-order valence-electron chi connectivity index (χ4n) is 2.27. The van der Waals surface area contributed by atoms with Crippen LogP contribution in [0.2, 0.25) is 0 Å². The Kier molecular flexibility index (Phi) is 5.91. The number of pyridine rings is 2. The first-order valence-corrected chi connectivity index (χ1v) is 7.55. The van der Waals surface area contributed by atoms with E-state index in [-0.39, 0.29) is 12.2 Å². The summed E-state index contributed by atoms with van der Waals surface area (Å²) in [4.78, 5) is 32.8. The molecule has 0 aliphatic heterocycles. The minimum atomic E-state index is -4.50. The van der Waals surface area contributed by atoms with Gasteiger partial charge in [-0.15, -0.1) is 0 Å². The van der Waals surface area contributed by atoms with Gasteiger partial charge in [0.25, 0.3) is 0 Å². The van der Waals surface area contributed by atoms with Crippen molar-refractivity contribution in [2.24, 2.45) is 0 Å². The van der Waals surface area contributed by atoms with Gasteiger partial charge in [0.1, 0.15) is 0 Å². The Morgan fingerprint density at radius 3 is 2.35 bits per heavy atom. The molecular formula is C17H16F3N3O3. The molecule has 0 aliphatic rings. The van der Waals surface area contributed by atoms with Crippen molar-refractivity contribution in [2.75, 3.05) is 7.11 Å². The highest BCUT2D eigenvalue weighted by Gasteiger charge is 2.32. The van der Waals surface area contributed by atoms with Gasteiger partial charge in [-0.05, 0) is 36.8 Å². The topological polar surface area (TPSA) is 72.4 Å². The zero-order valence-corrected chi connectivity index (χ0v) is 14.0. The molecule has 0 saturated carbocycles. The van der Waals surface area contributed by atoms with Crippen molar-refractivity contribution < 1.29 is 27.5 Å². The molecule has 2 heterocycles. The zero-order valence-electron chi connectivity index (χ0n) is 14.0. The van der Waals surface area contributed by atoms with Crippen LogP contribution in [-0.2, 0) is 27.0 Å². The number of nitrogens with zero attached hydrogens (tertiary/aromatic N) is 3. The van der Waals surface area contributed by atoms with Crippen LogP contribution in [0.3, 0.4) is 0 Å². The number of hydrogen-bond donors (Lipinski definition) is 0. The summed E-state index contributed by atoms with van der Waals surface area (Å²) in [5.74, 6) is -1.99. The van der Waals surface area contributed by atoms with E-state index in [2.05, 4.69) is 14.7 Å². The average molecular weight is 367 g/mol. The number of amides is 1. The van der Waals surface area contributed by atoms with Gasteiger partial charge in [0.2, 0.25) is 0 Å². The lowest BCUT2D eigenvalue weighted by molar-refractivity contribution is -0.159. The van der Waals surface area contributed by atoms with E-state index in [1.165, 1.54) is 23.4 Å². The smallest absolute Gasteiger partial charge is 0.417 e. The monoisotopic (exact) mass is 367 g/mol. The van der Waals surface area contributed by atoms with Crippen LogP contribution in [0.1, 0.15) is 29.8 Å². The summed E-state index contributed by atoms with van der Waals surface area (Å²) in [5, 5.41) is 0. The maximum Gasteiger partial charge on any atom is 0.417 e. The number of aromatic nitrogens is 2. The first kappa shape index (κ1) is 19.4. The Morgan fingerprint density at radius 2 is 1.85 bits per heavy atom. The second-order valence-corrected chi connectivity index (χ2v) is 5.42. The van der Waals surface area contributed by atoms with Crippen LogP contribution in [-0.4, -0.2) is 33.9 Å². The van der Waals surface area contributed by atoms with E-state index in [4.69, 9.17) is 0 Å². The van der Waals surface area contributed by atoms with Crippen LogP contribution >= 0.6 is 0 Å². The highest BCUT2D eigenvalue weighted by atomic mass is 19.4. The van der Waals surface area contributed by atoms with Gasteiger partial charge in [0.05, 0.1) is 31.0 Å². The number of rotatable bonds is 4. The van der Waals surface area contributed by atoms with Crippen molar-refractivity contribution in [1.82, 2.24) is 14.9 Å². The van der Waals surface area contributed by atoms with Gasteiger partial charge in [-0.2, -0.15) is 13.2 Å². The normalized spacial score (nSPS) is 12.3. The highest BCUT2D eigenvalue weighted by Crippen LogP contribution is 2.29. The van der Waals surface area contributed by atoms with Gasteiger partial charge in [-0.1, -0.05) is 0 Å². The maximum absolute atomic E-state index is 12.6. The number of carbonyl (C=O) groups is 2. The molecule has 0 radical (unpaired) electrons. The molecule has 6 nitrogen and oxygen atoms in total. The number of methoxy groups -OCH3 is 1. The third-order valence-electron chi connectivity index (χ3n) is 3.76. The van der Waals surface area contributed by atoms with E-state index in [0.29, 0.717) is 11.8 Å². The Hall–Kier alpha value is -2.97. The van der Waals surface area contributed by atoms with Crippen LogP contribution in [0.25, 0.3) is 0 Å². The van der Waals surface area contributed by atoms with Crippen LogP contribution in [0.4, 0.5) is 13.2 Å². The van der Waals surface area contributed by atoms with Crippen molar-refractivity contribution in [3.63, 3.8) is 0 Å². The van der Waals surface area contributed by atoms with E-state index in [0.717, 1.165) is 13.2 Å². The molecule has 1 atom stereocenters. The Bertz CT molecular complexity index is 764. The fourth-order valence-corrected chi connectivity index (χ4v) is 2.27. The Balaban J connectivity index is 2.29. The van der Waals surface area contributed by atoms with E-state index >= 15 is 0 Å². The molecule has 1 amide bonds. The summed E-state index contributed by atoms with van der Waals surface area (Å²) in [7, 11) is 1.08. The molecule has 0 fully saturated rings. The van der Waals surface area contributed by atoms with Crippen molar-refractivity contribution in [2.45, 2.75) is 25.7 Å². The molecule has 0 aliphatic carbocycles. The SMILES string of the molecule is COC(=O)C(=O)N(Cc1ccc(C(F)(F)F)cn1)C(C)c1ccncc1. The van der Waals surface area contributed by atoms with Crippen molar-refractivity contribution in [1.29, 1.82) is 0 Å². The number of hydrogen-bond acceptors (Lipinski definition) is 5.